The highest BCUT2D eigenvalue weighted by molar-refractivity contribution is 5.77. The summed E-state index contributed by atoms with van der Waals surface area (Å²) in [5, 5.41) is 22.7. The summed E-state index contributed by atoms with van der Waals surface area (Å²) < 4.78 is 5.08. The summed E-state index contributed by atoms with van der Waals surface area (Å²) >= 11 is 0. The number of hydrogen-bond acceptors (Lipinski definition) is 5. The molecule has 0 aliphatic heterocycles. The Hall–Kier alpha value is -1.92. The molecule has 1 amide bonds. The molecule has 1 aromatic rings. The van der Waals surface area contributed by atoms with E-state index in [1.807, 2.05) is 0 Å². The molecule has 0 spiro atoms. The summed E-state index contributed by atoms with van der Waals surface area (Å²) in [6.45, 7) is 7.22. The van der Waals surface area contributed by atoms with Gasteiger partial charge in [-0.25, -0.2) is 4.79 Å². The Balaban J connectivity index is 2.51. The third-order valence-corrected chi connectivity index (χ3v) is 3.24. The fourth-order valence-corrected chi connectivity index (χ4v) is 2.03. The molecule has 0 bridgehead atoms. The second-order valence-electron chi connectivity index (χ2n) is 6.46. The molecule has 128 valence electrons. The van der Waals surface area contributed by atoms with E-state index in [9.17, 15) is 19.8 Å². The molecular weight excluding hydrogens is 298 g/mol. The van der Waals surface area contributed by atoms with Gasteiger partial charge >= 0.3 is 6.09 Å². The van der Waals surface area contributed by atoms with E-state index in [1.165, 1.54) is 0 Å². The quantitative estimate of drug-likeness (QED) is 0.697. The average molecular weight is 323 g/mol. The summed E-state index contributed by atoms with van der Waals surface area (Å²) in [5.41, 5.74) is 1.22. The second-order valence-corrected chi connectivity index (χ2v) is 6.46. The van der Waals surface area contributed by atoms with Crippen LogP contribution in [-0.2, 0) is 4.74 Å². The van der Waals surface area contributed by atoms with Crippen molar-refractivity contribution >= 4 is 12.4 Å². The smallest absolute Gasteiger partial charge is 0.407 e. The van der Waals surface area contributed by atoms with Gasteiger partial charge in [0.25, 0.3) is 0 Å². The molecule has 0 saturated heterocycles. The van der Waals surface area contributed by atoms with E-state index in [4.69, 9.17) is 4.74 Å². The van der Waals surface area contributed by atoms with Crippen molar-refractivity contribution in [3.63, 3.8) is 0 Å². The van der Waals surface area contributed by atoms with Crippen LogP contribution in [0.5, 0.6) is 0 Å². The number of aldehydes is 1. The number of aryl methyl sites for hydroxylation is 1. The highest BCUT2D eigenvalue weighted by Gasteiger charge is 2.20. The van der Waals surface area contributed by atoms with Crippen molar-refractivity contribution < 1.29 is 24.5 Å². The van der Waals surface area contributed by atoms with Crippen molar-refractivity contribution in [2.45, 2.75) is 51.9 Å². The molecule has 6 heteroatoms. The van der Waals surface area contributed by atoms with Crippen molar-refractivity contribution in [2.75, 3.05) is 6.54 Å². The molecule has 6 nitrogen and oxygen atoms in total. The van der Waals surface area contributed by atoms with Crippen molar-refractivity contribution in [1.82, 2.24) is 5.32 Å². The Labute approximate surface area is 136 Å². The minimum absolute atomic E-state index is 0.175. The number of carbonyl (C=O) groups is 2. The van der Waals surface area contributed by atoms with E-state index in [1.54, 1.807) is 45.9 Å². The normalized spacial score (nSPS) is 14.0. The first-order chi connectivity index (χ1) is 10.6. The van der Waals surface area contributed by atoms with Crippen LogP contribution in [-0.4, -0.2) is 40.8 Å². The zero-order valence-corrected chi connectivity index (χ0v) is 14.0. The Morgan fingerprint density at radius 3 is 2.52 bits per heavy atom. The topological polar surface area (TPSA) is 95.9 Å². The van der Waals surface area contributed by atoms with Gasteiger partial charge in [-0.15, -0.1) is 0 Å². The number of benzene rings is 1. The van der Waals surface area contributed by atoms with Crippen LogP contribution in [0.3, 0.4) is 0 Å². The average Bonchev–Trinajstić information content (AvgIpc) is 2.44. The number of aliphatic hydroxyl groups is 2. The van der Waals surface area contributed by atoms with Crippen LogP contribution in [0.1, 0.15) is 54.8 Å². The molecule has 0 saturated carbocycles. The molecule has 0 aromatic heterocycles. The van der Waals surface area contributed by atoms with Crippen molar-refractivity contribution in [1.29, 1.82) is 0 Å². The maximum absolute atomic E-state index is 11.5. The molecule has 23 heavy (non-hydrogen) atoms. The Morgan fingerprint density at radius 2 is 2.00 bits per heavy atom. The second kappa shape index (κ2) is 8.08. The van der Waals surface area contributed by atoms with Gasteiger partial charge in [-0.2, -0.15) is 0 Å². The van der Waals surface area contributed by atoms with Crippen LogP contribution in [0.25, 0.3) is 0 Å². The molecule has 0 fully saturated rings. The van der Waals surface area contributed by atoms with Crippen LogP contribution < -0.4 is 5.32 Å². The van der Waals surface area contributed by atoms with Gasteiger partial charge in [0.2, 0.25) is 0 Å². The summed E-state index contributed by atoms with van der Waals surface area (Å²) in [4.78, 5) is 22.3. The molecule has 3 N–H and O–H groups in total. The molecule has 2 unspecified atom stereocenters. The highest BCUT2D eigenvalue weighted by atomic mass is 16.6. The van der Waals surface area contributed by atoms with Gasteiger partial charge in [-0.3, -0.25) is 4.79 Å². The van der Waals surface area contributed by atoms with Gasteiger partial charge < -0.3 is 20.3 Å². The Morgan fingerprint density at radius 1 is 1.35 bits per heavy atom. The predicted octanol–water partition coefficient (Wildman–Crippen LogP) is 2.12. The Bertz CT molecular complexity index is 550. The lowest BCUT2D eigenvalue weighted by atomic mass is 9.98. The summed E-state index contributed by atoms with van der Waals surface area (Å²) in [7, 11) is 0. The lowest BCUT2D eigenvalue weighted by Crippen LogP contribution is -2.34. The summed E-state index contributed by atoms with van der Waals surface area (Å²) in [6.07, 6.45) is -1.77. The SMILES string of the molecule is Cc1cc(C(O)C(O)CCNC(=O)OC(C)(C)C)ccc1C=O. The first-order valence-corrected chi connectivity index (χ1v) is 7.52. The van der Waals surface area contributed by atoms with Crippen molar-refractivity contribution in [2.24, 2.45) is 0 Å². The minimum atomic E-state index is -1.09. The standard InChI is InChI=1S/C17H25NO5/c1-11-9-12(5-6-13(11)10-19)15(21)14(20)7-8-18-16(22)23-17(2,3)4/h5-6,9-10,14-15,20-21H,7-8H2,1-4H3,(H,18,22). The van der Waals surface area contributed by atoms with Gasteiger partial charge in [0.15, 0.2) is 0 Å². The summed E-state index contributed by atoms with van der Waals surface area (Å²) in [5.74, 6) is 0. The van der Waals surface area contributed by atoms with Crippen molar-refractivity contribution in [3.05, 3.63) is 34.9 Å². The first-order valence-electron chi connectivity index (χ1n) is 7.52. The van der Waals surface area contributed by atoms with Crippen LogP contribution in [0.15, 0.2) is 18.2 Å². The van der Waals surface area contributed by atoms with E-state index >= 15 is 0 Å². The monoisotopic (exact) mass is 323 g/mol. The zero-order chi connectivity index (χ0) is 17.6. The van der Waals surface area contributed by atoms with Crippen LogP contribution in [0, 0.1) is 6.92 Å². The Kier molecular flexibility index (Phi) is 6.72. The van der Waals surface area contributed by atoms with Gasteiger partial charge in [0, 0.05) is 12.1 Å². The van der Waals surface area contributed by atoms with Crippen LogP contribution in [0.4, 0.5) is 4.79 Å². The van der Waals surface area contributed by atoms with Gasteiger partial charge in [0.05, 0.1) is 6.10 Å². The number of aliphatic hydroxyl groups excluding tert-OH is 2. The number of hydrogen-bond donors (Lipinski definition) is 3. The fourth-order valence-electron chi connectivity index (χ4n) is 2.03. The number of carbonyl (C=O) groups excluding carboxylic acids is 2. The molecular formula is C17H25NO5. The van der Waals surface area contributed by atoms with E-state index in [0.717, 1.165) is 11.8 Å². The van der Waals surface area contributed by atoms with Crippen LogP contribution >= 0.6 is 0 Å². The van der Waals surface area contributed by atoms with E-state index in [0.29, 0.717) is 11.1 Å². The fraction of sp³-hybridized carbons (Fsp3) is 0.529. The molecule has 0 heterocycles. The van der Waals surface area contributed by atoms with E-state index in [2.05, 4.69) is 5.32 Å². The predicted molar refractivity (Wildman–Crippen MR) is 86.4 cm³/mol. The molecule has 2 atom stereocenters. The molecule has 0 aliphatic rings. The first kappa shape index (κ1) is 19.1. The number of ether oxygens (including phenoxy) is 1. The number of alkyl carbamates (subject to hydrolysis) is 1. The van der Waals surface area contributed by atoms with Crippen molar-refractivity contribution in [3.8, 4) is 0 Å². The van der Waals surface area contributed by atoms with Gasteiger partial charge in [-0.05, 0) is 45.2 Å². The van der Waals surface area contributed by atoms with E-state index < -0.39 is 23.9 Å². The maximum atomic E-state index is 11.5. The molecule has 0 aliphatic carbocycles. The molecule has 0 radical (unpaired) electrons. The molecule has 1 aromatic carbocycles. The van der Waals surface area contributed by atoms with Gasteiger partial charge in [0.1, 0.15) is 18.0 Å². The lowest BCUT2D eigenvalue weighted by molar-refractivity contribution is 0.0123. The number of nitrogens with one attached hydrogen (secondary N) is 1. The molecule has 1 rings (SSSR count). The zero-order valence-electron chi connectivity index (χ0n) is 14.0. The minimum Gasteiger partial charge on any atom is -0.444 e. The third-order valence-electron chi connectivity index (χ3n) is 3.24. The maximum Gasteiger partial charge on any atom is 0.407 e. The van der Waals surface area contributed by atoms with Gasteiger partial charge in [-0.1, -0.05) is 18.2 Å². The number of amides is 1. The van der Waals surface area contributed by atoms with Crippen LogP contribution in [0.2, 0.25) is 0 Å². The van der Waals surface area contributed by atoms with E-state index in [-0.39, 0.29) is 13.0 Å². The summed E-state index contributed by atoms with van der Waals surface area (Å²) in [6, 6.07) is 4.87. The largest absolute Gasteiger partial charge is 0.444 e. The lowest BCUT2D eigenvalue weighted by Gasteiger charge is -2.21. The highest BCUT2D eigenvalue weighted by Crippen LogP contribution is 2.21. The third kappa shape index (κ3) is 6.38. The number of rotatable bonds is 6.